The van der Waals surface area contributed by atoms with Gasteiger partial charge >= 0.3 is 0 Å². The second-order valence-corrected chi connectivity index (χ2v) is 5.68. The van der Waals surface area contributed by atoms with Gasteiger partial charge in [0.25, 0.3) is 0 Å². The summed E-state index contributed by atoms with van der Waals surface area (Å²) in [5.74, 6) is 0.181. The first-order valence-corrected chi connectivity index (χ1v) is 5.64. The van der Waals surface area contributed by atoms with E-state index >= 15 is 0 Å². The van der Waals surface area contributed by atoms with Crippen molar-refractivity contribution < 1.29 is 8.42 Å². The predicted octanol–water partition coefficient (Wildman–Crippen LogP) is 0.315. The van der Waals surface area contributed by atoms with E-state index in [4.69, 9.17) is 5.73 Å². The monoisotopic (exact) mass is 203 g/mol. The highest BCUT2D eigenvalue weighted by atomic mass is 32.2. The number of H-pyrrole nitrogens is 1. The van der Waals surface area contributed by atoms with Crippen LogP contribution in [0.25, 0.3) is 0 Å². The molecule has 0 amide bonds. The van der Waals surface area contributed by atoms with Crippen molar-refractivity contribution >= 4 is 15.7 Å². The molecule has 0 aliphatic carbocycles. The summed E-state index contributed by atoms with van der Waals surface area (Å²) in [6.45, 7) is 3.28. The molecule has 0 fully saturated rings. The van der Waals surface area contributed by atoms with Crippen LogP contribution < -0.4 is 5.73 Å². The summed E-state index contributed by atoms with van der Waals surface area (Å²) in [7, 11) is -3.09. The molecule has 6 heteroatoms. The summed E-state index contributed by atoms with van der Waals surface area (Å²) in [6, 6.07) is 0. The fourth-order valence-corrected chi connectivity index (χ4v) is 1.78. The third-order valence-electron chi connectivity index (χ3n) is 1.82. The molecule has 0 unspecified atom stereocenters. The van der Waals surface area contributed by atoms with E-state index in [0.29, 0.717) is 5.69 Å². The average molecular weight is 203 g/mol. The van der Waals surface area contributed by atoms with Crippen LogP contribution in [0.4, 0.5) is 5.82 Å². The number of sulfone groups is 1. The Morgan fingerprint density at radius 2 is 2.23 bits per heavy atom. The number of aromatic nitrogens is 2. The standard InChI is InChI=1S/C7H13N3O2S/c1-5(2)13(11,12)3-6-7(8)10-4-9-6/h4-5H,3,8H2,1-2H3,(H,9,10). The number of nitrogen functional groups attached to an aromatic ring is 1. The first kappa shape index (κ1) is 10.0. The van der Waals surface area contributed by atoms with Gasteiger partial charge in [0.05, 0.1) is 23.0 Å². The lowest BCUT2D eigenvalue weighted by Crippen LogP contribution is -2.16. The van der Waals surface area contributed by atoms with Crippen LogP contribution in [0.1, 0.15) is 19.5 Å². The number of aromatic amines is 1. The molecule has 1 aromatic heterocycles. The molecule has 0 bridgehead atoms. The SMILES string of the molecule is CC(C)S(=O)(=O)Cc1[nH]cnc1N. The lowest BCUT2D eigenvalue weighted by Gasteiger charge is -2.05. The Balaban J connectivity index is 2.88. The lowest BCUT2D eigenvalue weighted by atomic mass is 10.5. The molecule has 74 valence electrons. The zero-order chi connectivity index (χ0) is 10.1. The van der Waals surface area contributed by atoms with Crippen molar-refractivity contribution in [2.75, 3.05) is 5.73 Å². The van der Waals surface area contributed by atoms with Gasteiger partial charge in [0.15, 0.2) is 9.84 Å². The van der Waals surface area contributed by atoms with E-state index in [9.17, 15) is 8.42 Å². The van der Waals surface area contributed by atoms with Crippen molar-refractivity contribution in [3.8, 4) is 0 Å². The largest absolute Gasteiger partial charge is 0.382 e. The Bertz CT molecular complexity index is 380. The number of hydrogen-bond donors (Lipinski definition) is 2. The van der Waals surface area contributed by atoms with Crippen LogP contribution in [0.5, 0.6) is 0 Å². The summed E-state index contributed by atoms with van der Waals surface area (Å²) >= 11 is 0. The molecular weight excluding hydrogens is 190 g/mol. The minimum Gasteiger partial charge on any atom is -0.382 e. The number of nitrogens with one attached hydrogen (secondary N) is 1. The summed E-state index contributed by atoms with van der Waals surface area (Å²) in [5.41, 5.74) is 5.91. The summed E-state index contributed by atoms with van der Waals surface area (Å²) in [6.07, 6.45) is 1.39. The molecule has 3 N–H and O–H groups in total. The van der Waals surface area contributed by atoms with Crippen LogP contribution in [-0.4, -0.2) is 23.6 Å². The topological polar surface area (TPSA) is 88.8 Å². The molecule has 1 aromatic rings. The molecule has 1 rings (SSSR count). The molecule has 5 nitrogen and oxygen atoms in total. The van der Waals surface area contributed by atoms with Crippen molar-refractivity contribution in [3.05, 3.63) is 12.0 Å². The van der Waals surface area contributed by atoms with Gasteiger partial charge < -0.3 is 10.7 Å². The number of nitrogens with zero attached hydrogens (tertiary/aromatic N) is 1. The van der Waals surface area contributed by atoms with Gasteiger partial charge in [-0.1, -0.05) is 0 Å². The van der Waals surface area contributed by atoms with Crippen LogP contribution in [0.15, 0.2) is 6.33 Å². The van der Waals surface area contributed by atoms with E-state index in [2.05, 4.69) is 9.97 Å². The van der Waals surface area contributed by atoms with Gasteiger partial charge in [-0.2, -0.15) is 0 Å². The first-order valence-electron chi connectivity index (χ1n) is 3.93. The molecule has 1 heterocycles. The predicted molar refractivity (Wildman–Crippen MR) is 50.8 cm³/mol. The highest BCUT2D eigenvalue weighted by Crippen LogP contribution is 2.12. The minimum absolute atomic E-state index is 0.0729. The molecule has 0 atom stereocenters. The van der Waals surface area contributed by atoms with Gasteiger partial charge in [-0.05, 0) is 13.8 Å². The van der Waals surface area contributed by atoms with Crippen molar-refractivity contribution in [1.82, 2.24) is 9.97 Å². The third kappa shape index (κ3) is 2.21. The highest BCUT2D eigenvalue weighted by Gasteiger charge is 2.18. The summed E-state index contributed by atoms with van der Waals surface area (Å²) < 4.78 is 22.9. The fraction of sp³-hybridized carbons (Fsp3) is 0.571. The van der Waals surface area contributed by atoms with E-state index in [1.807, 2.05) is 0 Å². The molecule has 0 aliphatic rings. The van der Waals surface area contributed by atoms with Crippen LogP contribution in [0.3, 0.4) is 0 Å². The molecule has 13 heavy (non-hydrogen) atoms. The number of hydrogen-bond acceptors (Lipinski definition) is 4. The maximum Gasteiger partial charge on any atom is 0.158 e. The Labute approximate surface area is 77.3 Å². The van der Waals surface area contributed by atoms with Gasteiger partial charge in [0.2, 0.25) is 0 Å². The quantitative estimate of drug-likeness (QED) is 0.740. The molecule has 0 aromatic carbocycles. The number of rotatable bonds is 3. The Kier molecular flexibility index (Phi) is 2.60. The van der Waals surface area contributed by atoms with Gasteiger partial charge in [-0.25, -0.2) is 13.4 Å². The van der Waals surface area contributed by atoms with Crippen LogP contribution in [0.2, 0.25) is 0 Å². The molecule has 0 radical (unpaired) electrons. The maximum atomic E-state index is 11.4. The van der Waals surface area contributed by atoms with Gasteiger partial charge in [0.1, 0.15) is 5.82 Å². The Morgan fingerprint density at radius 3 is 2.62 bits per heavy atom. The summed E-state index contributed by atoms with van der Waals surface area (Å²) in [4.78, 5) is 6.42. The van der Waals surface area contributed by atoms with Gasteiger partial charge in [-0.3, -0.25) is 0 Å². The van der Waals surface area contributed by atoms with Crippen LogP contribution >= 0.6 is 0 Å². The molecule has 0 aliphatic heterocycles. The smallest absolute Gasteiger partial charge is 0.158 e. The second kappa shape index (κ2) is 3.37. The lowest BCUT2D eigenvalue weighted by molar-refractivity contribution is 0.586. The Hall–Kier alpha value is -1.04. The number of nitrogens with two attached hydrogens (primary N) is 1. The Morgan fingerprint density at radius 1 is 1.62 bits per heavy atom. The fourth-order valence-electron chi connectivity index (χ4n) is 0.815. The van der Waals surface area contributed by atoms with Gasteiger partial charge in [0, 0.05) is 0 Å². The molecule has 0 saturated carbocycles. The first-order chi connectivity index (χ1) is 5.93. The van der Waals surface area contributed by atoms with Gasteiger partial charge in [-0.15, -0.1) is 0 Å². The number of imidazole rings is 1. The van der Waals surface area contributed by atoms with Crippen molar-refractivity contribution in [3.63, 3.8) is 0 Å². The average Bonchev–Trinajstić information content (AvgIpc) is 2.35. The minimum atomic E-state index is -3.09. The summed E-state index contributed by atoms with van der Waals surface area (Å²) in [5, 5.41) is -0.393. The van der Waals surface area contributed by atoms with E-state index in [-0.39, 0.29) is 11.6 Å². The molecule has 0 saturated heterocycles. The third-order valence-corrected chi connectivity index (χ3v) is 3.94. The number of anilines is 1. The van der Waals surface area contributed by atoms with E-state index in [1.165, 1.54) is 6.33 Å². The van der Waals surface area contributed by atoms with Crippen LogP contribution in [0, 0.1) is 0 Å². The van der Waals surface area contributed by atoms with E-state index < -0.39 is 15.1 Å². The normalized spacial score (nSPS) is 12.2. The zero-order valence-corrected chi connectivity index (χ0v) is 8.43. The van der Waals surface area contributed by atoms with E-state index in [0.717, 1.165) is 0 Å². The zero-order valence-electron chi connectivity index (χ0n) is 7.61. The molecule has 0 spiro atoms. The maximum absolute atomic E-state index is 11.4. The highest BCUT2D eigenvalue weighted by molar-refractivity contribution is 7.91. The second-order valence-electron chi connectivity index (χ2n) is 3.12. The van der Waals surface area contributed by atoms with E-state index in [1.54, 1.807) is 13.8 Å². The van der Waals surface area contributed by atoms with Crippen molar-refractivity contribution in [2.45, 2.75) is 24.9 Å². The molecular formula is C7H13N3O2S. The van der Waals surface area contributed by atoms with Crippen molar-refractivity contribution in [2.24, 2.45) is 0 Å². The van der Waals surface area contributed by atoms with Crippen LogP contribution in [-0.2, 0) is 15.6 Å². The van der Waals surface area contributed by atoms with Crippen molar-refractivity contribution in [1.29, 1.82) is 0 Å².